The van der Waals surface area contributed by atoms with Crippen LogP contribution in [0.15, 0.2) is 24.3 Å². The molecule has 1 aromatic carbocycles. The minimum absolute atomic E-state index is 0.0142. The molecule has 0 aliphatic heterocycles. The van der Waals surface area contributed by atoms with Gasteiger partial charge in [0.05, 0.1) is 11.3 Å². The Morgan fingerprint density at radius 1 is 1.25 bits per heavy atom. The number of para-hydroxylation sites is 1. The Labute approximate surface area is 118 Å². The third kappa shape index (κ3) is 4.05. The minimum atomic E-state index is -0.441. The molecule has 1 aromatic rings. The van der Waals surface area contributed by atoms with Gasteiger partial charge in [-0.05, 0) is 18.8 Å². The Balaban J connectivity index is 1.86. The van der Waals surface area contributed by atoms with Crippen LogP contribution in [-0.2, 0) is 11.2 Å². The predicted octanol–water partition coefficient (Wildman–Crippen LogP) is 2.83. The normalized spacial score (nSPS) is 15.8. The topological polar surface area (TPSA) is 72.2 Å². The maximum atomic E-state index is 11.9. The van der Waals surface area contributed by atoms with E-state index < -0.39 is 4.92 Å². The molecule has 1 aliphatic rings. The number of nitrogens with one attached hydrogen (secondary N) is 1. The first-order valence-electron chi connectivity index (χ1n) is 7.16. The maximum Gasteiger partial charge on any atom is 0.273 e. The van der Waals surface area contributed by atoms with E-state index >= 15 is 0 Å². The van der Waals surface area contributed by atoms with Crippen LogP contribution >= 0.6 is 0 Å². The summed E-state index contributed by atoms with van der Waals surface area (Å²) in [5.74, 6) is 0.434. The van der Waals surface area contributed by atoms with Gasteiger partial charge in [-0.2, -0.15) is 0 Å². The number of carbonyl (C=O) groups excluding carboxylic acids is 1. The fraction of sp³-hybridized carbons (Fsp3) is 0.533. The van der Waals surface area contributed by atoms with Crippen molar-refractivity contribution in [2.75, 3.05) is 6.54 Å². The smallest absolute Gasteiger partial charge is 0.273 e. The van der Waals surface area contributed by atoms with Crippen LogP contribution in [-0.4, -0.2) is 17.4 Å². The van der Waals surface area contributed by atoms with Gasteiger partial charge in [-0.15, -0.1) is 0 Å². The number of carbonyl (C=O) groups is 1. The van der Waals surface area contributed by atoms with Gasteiger partial charge in [0.1, 0.15) is 0 Å². The van der Waals surface area contributed by atoms with Gasteiger partial charge in [0, 0.05) is 18.2 Å². The molecule has 0 radical (unpaired) electrons. The molecule has 5 nitrogen and oxygen atoms in total. The number of hydrogen-bond acceptors (Lipinski definition) is 3. The van der Waals surface area contributed by atoms with Gasteiger partial charge in [0.25, 0.3) is 5.69 Å². The molecule has 0 heterocycles. The minimum Gasteiger partial charge on any atom is -0.356 e. The summed E-state index contributed by atoms with van der Waals surface area (Å²) in [5.41, 5.74) is 0.485. The highest BCUT2D eigenvalue weighted by Gasteiger charge is 2.17. The Kier molecular flexibility index (Phi) is 5.09. The van der Waals surface area contributed by atoms with E-state index in [-0.39, 0.29) is 18.0 Å². The monoisotopic (exact) mass is 276 g/mol. The van der Waals surface area contributed by atoms with Crippen LogP contribution < -0.4 is 5.32 Å². The third-order valence-electron chi connectivity index (χ3n) is 3.85. The second-order valence-corrected chi connectivity index (χ2v) is 5.37. The largest absolute Gasteiger partial charge is 0.356 e. The zero-order valence-corrected chi connectivity index (χ0v) is 11.5. The van der Waals surface area contributed by atoms with E-state index in [1.807, 2.05) is 0 Å². The fourth-order valence-corrected chi connectivity index (χ4v) is 2.72. The highest BCUT2D eigenvalue weighted by Crippen LogP contribution is 2.23. The number of nitro benzene ring substituents is 1. The molecule has 20 heavy (non-hydrogen) atoms. The molecule has 1 aliphatic carbocycles. The maximum absolute atomic E-state index is 11.9. The van der Waals surface area contributed by atoms with Crippen molar-refractivity contribution in [2.45, 2.75) is 38.5 Å². The molecule has 1 saturated carbocycles. The van der Waals surface area contributed by atoms with E-state index in [4.69, 9.17) is 0 Å². The lowest BCUT2D eigenvalue weighted by molar-refractivity contribution is -0.385. The Bertz CT molecular complexity index is 482. The Hall–Kier alpha value is -1.91. The molecule has 1 amide bonds. The van der Waals surface area contributed by atoms with Crippen LogP contribution in [0.25, 0.3) is 0 Å². The van der Waals surface area contributed by atoms with Crippen molar-refractivity contribution in [3.05, 3.63) is 39.9 Å². The van der Waals surface area contributed by atoms with Crippen LogP contribution in [0.4, 0.5) is 5.69 Å². The molecule has 5 heteroatoms. The Morgan fingerprint density at radius 3 is 2.65 bits per heavy atom. The molecule has 0 spiro atoms. The van der Waals surface area contributed by atoms with E-state index in [9.17, 15) is 14.9 Å². The number of nitrogens with zero attached hydrogens (tertiary/aromatic N) is 1. The van der Waals surface area contributed by atoms with Crippen LogP contribution in [0.2, 0.25) is 0 Å². The average Bonchev–Trinajstić information content (AvgIpc) is 2.46. The van der Waals surface area contributed by atoms with Crippen molar-refractivity contribution in [3.8, 4) is 0 Å². The molecule has 1 N–H and O–H groups in total. The number of benzene rings is 1. The van der Waals surface area contributed by atoms with E-state index in [0.717, 1.165) is 0 Å². The molecular formula is C15H20N2O3. The lowest BCUT2D eigenvalue weighted by atomic mass is 9.89. The van der Waals surface area contributed by atoms with Crippen molar-refractivity contribution < 1.29 is 9.72 Å². The van der Waals surface area contributed by atoms with E-state index in [1.165, 1.54) is 38.2 Å². The zero-order valence-electron chi connectivity index (χ0n) is 11.5. The van der Waals surface area contributed by atoms with E-state index in [1.54, 1.807) is 18.2 Å². The van der Waals surface area contributed by atoms with Gasteiger partial charge in [-0.1, -0.05) is 37.5 Å². The van der Waals surface area contributed by atoms with Crippen LogP contribution in [0.5, 0.6) is 0 Å². The molecule has 0 unspecified atom stereocenters. The summed E-state index contributed by atoms with van der Waals surface area (Å²) < 4.78 is 0. The predicted molar refractivity (Wildman–Crippen MR) is 76.4 cm³/mol. The van der Waals surface area contributed by atoms with E-state index in [0.29, 0.717) is 18.0 Å². The summed E-state index contributed by atoms with van der Waals surface area (Å²) in [6, 6.07) is 6.40. The summed E-state index contributed by atoms with van der Waals surface area (Å²) >= 11 is 0. The summed E-state index contributed by atoms with van der Waals surface area (Å²) in [7, 11) is 0. The molecular weight excluding hydrogens is 256 g/mol. The lowest BCUT2D eigenvalue weighted by Crippen LogP contribution is -2.31. The van der Waals surface area contributed by atoms with E-state index in [2.05, 4.69) is 5.32 Å². The highest BCUT2D eigenvalue weighted by atomic mass is 16.6. The first-order valence-corrected chi connectivity index (χ1v) is 7.16. The lowest BCUT2D eigenvalue weighted by Gasteiger charge is -2.21. The molecule has 1 fully saturated rings. The van der Waals surface area contributed by atoms with Crippen molar-refractivity contribution in [2.24, 2.45) is 5.92 Å². The van der Waals surface area contributed by atoms with Crippen molar-refractivity contribution >= 4 is 11.6 Å². The highest BCUT2D eigenvalue weighted by molar-refractivity contribution is 5.79. The molecule has 0 atom stereocenters. The van der Waals surface area contributed by atoms with Crippen LogP contribution in [0.3, 0.4) is 0 Å². The zero-order chi connectivity index (χ0) is 14.4. The Morgan fingerprint density at radius 2 is 1.95 bits per heavy atom. The number of hydrogen-bond donors (Lipinski definition) is 1. The first-order chi connectivity index (χ1) is 9.66. The van der Waals surface area contributed by atoms with Crippen molar-refractivity contribution in [1.29, 1.82) is 0 Å². The third-order valence-corrected chi connectivity index (χ3v) is 3.85. The molecule has 0 saturated heterocycles. The van der Waals surface area contributed by atoms with Gasteiger partial charge in [-0.25, -0.2) is 0 Å². The van der Waals surface area contributed by atoms with Crippen LogP contribution in [0.1, 0.15) is 37.7 Å². The quantitative estimate of drug-likeness (QED) is 0.664. The molecule has 2 rings (SSSR count). The van der Waals surface area contributed by atoms with Crippen molar-refractivity contribution in [1.82, 2.24) is 5.32 Å². The van der Waals surface area contributed by atoms with Gasteiger partial charge in [0.2, 0.25) is 5.91 Å². The molecule has 0 aromatic heterocycles. The molecule has 108 valence electrons. The number of amides is 1. The SMILES string of the molecule is O=C(Cc1ccccc1[N+](=O)[O-])NCC1CCCCC1. The average molecular weight is 276 g/mol. The van der Waals surface area contributed by atoms with Crippen molar-refractivity contribution in [3.63, 3.8) is 0 Å². The summed E-state index contributed by atoms with van der Waals surface area (Å²) in [6.45, 7) is 0.694. The second kappa shape index (κ2) is 7.03. The number of rotatable bonds is 5. The number of nitro groups is 1. The summed E-state index contributed by atoms with van der Waals surface area (Å²) in [4.78, 5) is 22.3. The van der Waals surface area contributed by atoms with Gasteiger partial charge >= 0.3 is 0 Å². The standard InChI is InChI=1S/C15H20N2O3/c18-15(16-11-12-6-2-1-3-7-12)10-13-8-4-5-9-14(13)17(19)20/h4-5,8-9,12H,1-3,6-7,10-11H2,(H,16,18). The van der Waals surface area contributed by atoms with Crippen LogP contribution in [0, 0.1) is 16.0 Å². The van der Waals surface area contributed by atoms with Gasteiger partial charge in [0.15, 0.2) is 0 Å². The summed E-state index contributed by atoms with van der Waals surface area (Å²) in [6.07, 6.45) is 6.19. The fourth-order valence-electron chi connectivity index (χ4n) is 2.72. The second-order valence-electron chi connectivity index (χ2n) is 5.37. The van der Waals surface area contributed by atoms with Gasteiger partial charge < -0.3 is 5.32 Å². The molecule has 0 bridgehead atoms. The first kappa shape index (κ1) is 14.5. The van der Waals surface area contributed by atoms with Gasteiger partial charge in [-0.3, -0.25) is 14.9 Å². The summed E-state index contributed by atoms with van der Waals surface area (Å²) in [5, 5.41) is 13.8.